The largest absolute Gasteiger partial charge is 0.478 e. The number of hydrogen-bond acceptors (Lipinski definition) is 3. The van der Waals surface area contributed by atoms with Gasteiger partial charge in [-0.15, -0.1) is 0 Å². The lowest BCUT2D eigenvalue weighted by molar-refractivity contribution is 0.0696. The summed E-state index contributed by atoms with van der Waals surface area (Å²) in [6.07, 6.45) is 2.60. The minimum absolute atomic E-state index is 0.0264. The Hall–Kier alpha value is -2.11. The minimum Gasteiger partial charge on any atom is -0.478 e. The van der Waals surface area contributed by atoms with Crippen molar-refractivity contribution in [3.63, 3.8) is 0 Å². The summed E-state index contributed by atoms with van der Waals surface area (Å²) < 4.78 is 0. The average Bonchev–Trinajstić information content (AvgIpc) is 2.14. The number of anilines is 1. The van der Waals surface area contributed by atoms with Gasteiger partial charge in [0.1, 0.15) is 0 Å². The minimum atomic E-state index is -1.09. The third-order valence-corrected chi connectivity index (χ3v) is 1.73. The number of pyridine rings is 1. The van der Waals surface area contributed by atoms with Crippen molar-refractivity contribution in [3.8, 4) is 0 Å². The number of aromatic carboxylic acids is 1. The number of urea groups is 1. The number of carbonyl (C=O) groups excluding carboxylic acids is 1. The molecule has 92 valence electrons. The predicted octanol–water partition coefficient (Wildman–Crippen LogP) is 1.70. The van der Waals surface area contributed by atoms with Gasteiger partial charge in [0.05, 0.1) is 17.4 Å². The molecule has 6 nitrogen and oxygen atoms in total. The van der Waals surface area contributed by atoms with Crippen LogP contribution in [0.5, 0.6) is 0 Å². The summed E-state index contributed by atoms with van der Waals surface area (Å²) >= 11 is 0. The SMILES string of the molecule is CC(C)(C)NC(=O)Nc1cncc(C(=O)O)c1. The Morgan fingerprint density at radius 3 is 2.47 bits per heavy atom. The highest BCUT2D eigenvalue weighted by molar-refractivity contribution is 5.92. The molecule has 0 aliphatic rings. The van der Waals surface area contributed by atoms with E-state index in [1.54, 1.807) is 0 Å². The summed E-state index contributed by atoms with van der Waals surface area (Å²) in [5, 5.41) is 14.0. The molecule has 1 aromatic heterocycles. The monoisotopic (exact) mass is 237 g/mol. The maximum atomic E-state index is 11.5. The number of carbonyl (C=O) groups is 2. The normalized spacial score (nSPS) is 10.8. The van der Waals surface area contributed by atoms with Gasteiger partial charge < -0.3 is 15.7 Å². The van der Waals surface area contributed by atoms with Crippen LogP contribution in [0.1, 0.15) is 31.1 Å². The lowest BCUT2D eigenvalue weighted by Crippen LogP contribution is -2.43. The molecule has 1 heterocycles. The zero-order valence-electron chi connectivity index (χ0n) is 9.94. The third-order valence-electron chi connectivity index (χ3n) is 1.73. The number of amides is 2. The maximum Gasteiger partial charge on any atom is 0.337 e. The molecule has 0 aromatic carbocycles. The van der Waals surface area contributed by atoms with Crippen LogP contribution in [0.15, 0.2) is 18.5 Å². The zero-order valence-corrected chi connectivity index (χ0v) is 9.94. The quantitative estimate of drug-likeness (QED) is 0.730. The Kier molecular flexibility index (Phi) is 3.67. The lowest BCUT2D eigenvalue weighted by atomic mass is 10.1. The number of rotatable bonds is 2. The molecule has 1 aromatic rings. The summed E-state index contributed by atoms with van der Waals surface area (Å²) in [6.45, 7) is 5.54. The number of nitrogens with zero attached hydrogens (tertiary/aromatic N) is 1. The zero-order chi connectivity index (χ0) is 13.1. The van der Waals surface area contributed by atoms with Crippen molar-refractivity contribution >= 4 is 17.7 Å². The van der Waals surface area contributed by atoms with Gasteiger partial charge in [0.25, 0.3) is 0 Å². The molecule has 6 heteroatoms. The van der Waals surface area contributed by atoms with Gasteiger partial charge in [0, 0.05) is 11.7 Å². The Morgan fingerprint density at radius 1 is 1.29 bits per heavy atom. The van der Waals surface area contributed by atoms with Crippen molar-refractivity contribution in [2.24, 2.45) is 0 Å². The molecular weight excluding hydrogens is 222 g/mol. The first-order chi connectivity index (χ1) is 7.78. The van der Waals surface area contributed by atoms with E-state index in [1.165, 1.54) is 18.5 Å². The second-order valence-corrected chi connectivity index (χ2v) is 4.60. The molecule has 0 bridgehead atoms. The van der Waals surface area contributed by atoms with Gasteiger partial charge in [-0.3, -0.25) is 4.98 Å². The fourth-order valence-electron chi connectivity index (χ4n) is 1.13. The van der Waals surface area contributed by atoms with E-state index in [0.29, 0.717) is 5.69 Å². The van der Waals surface area contributed by atoms with Crippen molar-refractivity contribution in [2.75, 3.05) is 5.32 Å². The second kappa shape index (κ2) is 4.82. The molecule has 0 atom stereocenters. The first-order valence-corrected chi connectivity index (χ1v) is 5.05. The van der Waals surface area contributed by atoms with E-state index < -0.39 is 12.0 Å². The third kappa shape index (κ3) is 4.50. The Morgan fingerprint density at radius 2 is 1.94 bits per heavy atom. The molecule has 3 N–H and O–H groups in total. The van der Waals surface area contributed by atoms with Crippen LogP contribution >= 0.6 is 0 Å². The van der Waals surface area contributed by atoms with Crippen LogP contribution in [0, 0.1) is 0 Å². The number of hydrogen-bond donors (Lipinski definition) is 3. The van der Waals surface area contributed by atoms with E-state index in [9.17, 15) is 9.59 Å². The van der Waals surface area contributed by atoms with E-state index in [4.69, 9.17) is 5.11 Å². The van der Waals surface area contributed by atoms with Crippen LogP contribution < -0.4 is 10.6 Å². The van der Waals surface area contributed by atoms with Gasteiger partial charge in [-0.2, -0.15) is 0 Å². The molecular formula is C11H15N3O3. The van der Waals surface area contributed by atoms with Gasteiger partial charge in [-0.25, -0.2) is 9.59 Å². The van der Waals surface area contributed by atoms with Crippen molar-refractivity contribution < 1.29 is 14.7 Å². The smallest absolute Gasteiger partial charge is 0.337 e. The molecule has 1 rings (SSSR count). The molecule has 0 radical (unpaired) electrons. The van der Waals surface area contributed by atoms with Crippen LogP contribution in [-0.2, 0) is 0 Å². The molecule has 17 heavy (non-hydrogen) atoms. The van der Waals surface area contributed by atoms with Crippen molar-refractivity contribution in [1.29, 1.82) is 0 Å². The van der Waals surface area contributed by atoms with Crippen molar-refractivity contribution in [2.45, 2.75) is 26.3 Å². The van der Waals surface area contributed by atoms with E-state index in [-0.39, 0.29) is 11.1 Å². The summed E-state index contributed by atoms with van der Waals surface area (Å²) in [5.41, 5.74) is 0.00673. The summed E-state index contributed by atoms with van der Waals surface area (Å²) in [5.74, 6) is -1.09. The van der Waals surface area contributed by atoms with Crippen LogP contribution in [-0.4, -0.2) is 27.6 Å². The maximum absolute atomic E-state index is 11.5. The van der Waals surface area contributed by atoms with Gasteiger partial charge in [-0.05, 0) is 26.8 Å². The van der Waals surface area contributed by atoms with Crippen LogP contribution in [0.3, 0.4) is 0 Å². The summed E-state index contributed by atoms with van der Waals surface area (Å²) in [7, 11) is 0. The van der Waals surface area contributed by atoms with E-state index in [1.807, 2.05) is 20.8 Å². The topological polar surface area (TPSA) is 91.3 Å². The number of carboxylic acid groups (broad SMARTS) is 1. The first kappa shape index (κ1) is 13.0. The standard InChI is InChI=1S/C11H15N3O3/c1-11(2,3)14-10(17)13-8-4-7(9(15)16)5-12-6-8/h4-6H,1-3H3,(H,15,16)(H2,13,14,17). The highest BCUT2D eigenvalue weighted by Gasteiger charge is 2.14. The number of carboxylic acids is 1. The molecule has 0 aliphatic heterocycles. The Bertz CT molecular complexity index is 438. The van der Waals surface area contributed by atoms with E-state index >= 15 is 0 Å². The first-order valence-electron chi connectivity index (χ1n) is 5.05. The molecule has 0 fully saturated rings. The predicted molar refractivity (Wildman–Crippen MR) is 63.1 cm³/mol. The van der Waals surface area contributed by atoms with Crippen molar-refractivity contribution in [1.82, 2.24) is 10.3 Å². The molecule has 0 saturated heterocycles. The summed E-state index contributed by atoms with van der Waals surface area (Å²) in [4.78, 5) is 25.9. The second-order valence-electron chi connectivity index (χ2n) is 4.60. The lowest BCUT2D eigenvalue weighted by Gasteiger charge is -2.20. The molecule has 0 unspecified atom stereocenters. The van der Waals surface area contributed by atoms with Gasteiger partial charge in [-0.1, -0.05) is 0 Å². The van der Waals surface area contributed by atoms with Crippen molar-refractivity contribution in [3.05, 3.63) is 24.0 Å². The van der Waals surface area contributed by atoms with Crippen LogP contribution in [0.4, 0.5) is 10.5 Å². The molecule has 0 spiro atoms. The number of aromatic nitrogens is 1. The fourth-order valence-corrected chi connectivity index (χ4v) is 1.13. The Labute approximate surface area is 99.1 Å². The molecule has 0 saturated carbocycles. The molecule has 2 amide bonds. The summed E-state index contributed by atoms with van der Waals surface area (Å²) in [6, 6.07) is 0.944. The highest BCUT2D eigenvalue weighted by atomic mass is 16.4. The number of nitrogens with one attached hydrogen (secondary N) is 2. The average molecular weight is 237 g/mol. The van der Waals surface area contributed by atoms with Crippen LogP contribution in [0.2, 0.25) is 0 Å². The van der Waals surface area contributed by atoms with Gasteiger partial charge >= 0.3 is 12.0 Å². The molecule has 0 aliphatic carbocycles. The van der Waals surface area contributed by atoms with Crippen LogP contribution in [0.25, 0.3) is 0 Å². The highest BCUT2D eigenvalue weighted by Crippen LogP contribution is 2.09. The van der Waals surface area contributed by atoms with Gasteiger partial charge in [0.2, 0.25) is 0 Å². The Balaban J connectivity index is 2.72. The van der Waals surface area contributed by atoms with E-state index in [0.717, 1.165) is 0 Å². The van der Waals surface area contributed by atoms with E-state index in [2.05, 4.69) is 15.6 Å². The van der Waals surface area contributed by atoms with Gasteiger partial charge in [0.15, 0.2) is 0 Å². The fraction of sp³-hybridized carbons (Fsp3) is 0.364.